The second kappa shape index (κ2) is 4.72. The minimum atomic E-state index is -0.364. The first-order valence-electron chi connectivity index (χ1n) is 4.80. The molecule has 0 aromatic rings. The topological polar surface area (TPSA) is 35.5 Å². The molecule has 1 aliphatic rings. The zero-order chi connectivity index (χ0) is 9.73. The minimum absolute atomic E-state index is 0.188. The van der Waals surface area contributed by atoms with E-state index < -0.39 is 0 Å². The second-order valence-corrected chi connectivity index (χ2v) is 4.26. The average molecular weight is 186 g/mol. The number of aldehydes is 1. The third kappa shape index (κ3) is 3.87. The fourth-order valence-corrected chi connectivity index (χ4v) is 1.21. The molecule has 0 aliphatic carbocycles. The van der Waals surface area contributed by atoms with Gasteiger partial charge in [-0.15, -0.1) is 0 Å². The van der Waals surface area contributed by atoms with Gasteiger partial charge in [-0.2, -0.15) is 0 Å². The highest BCUT2D eigenvalue weighted by atomic mass is 16.5. The summed E-state index contributed by atoms with van der Waals surface area (Å²) in [6, 6.07) is 0. The van der Waals surface area contributed by atoms with Crippen molar-refractivity contribution >= 4 is 6.29 Å². The molecule has 0 aromatic carbocycles. The molecule has 3 heteroatoms. The van der Waals surface area contributed by atoms with E-state index in [-0.39, 0.29) is 11.5 Å². The molecule has 1 saturated heterocycles. The lowest BCUT2D eigenvalue weighted by Gasteiger charge is -2.26. The van der Waals surface area contributed by atoms with E-state index in [9.17, 15) is 4.79 Å². The third-order valence-electron chi connectivity index (χ3n) is 2.13. The number of hydrogen-bond acceptors (Lipinski definition) is 3. The van der Waals surface area contributed by atoms with Crippen molar-refractivity contribution in [2.24, 2.45) is 5.41 Å². The summed E-state index contributed by atoms with van der Waals surface area (Å²) in [5, 5.41) is 0. The van der Waals surface area contributed by atoms with E-state index in [4.69, 9.17) is 9.47 Å². The Morgan fingerprint density at radius 2 is 2.38 bits per heavy atom. The highest BCUT2D eigenvalue weighted by Gasteiger charge is 2.21. The molecule has 1 aliphatic heterocycles. The first kappa shape index (κ1) is 10.7. The van der Waals surface area contributed by atoms with Crippen molar-refractivity contribution < 1.29 is 14.3 Å². The summed E-state index contributed by atoms with van der Waals surface area (Å²) >= 11 is 0. The maximum Gasteiger partial charge on any atom is 0.127 e. The van der Waals surface area contributed by atoms with Gasteiger partial charge in [0.15, 0.2) is 0 Å². The van der Waals surface area contributed by atoms with E-state index in [1.807, 2.05) is 13.8 Å². The van der Waals surface area contributed by atoms with Crippen LogP contribution in [-0.2, 0) is 14.3 Å². The second-order valence-electron chi connectivity index (χ2n) is 4.26. The van der Waals surface area contributed by atoms with Crippen molar-refractivity contribution in [3.63, 3.8) is 0 Å². The summed E-state index contributed by atoms with van der Waals surface area (Å²) in [5.41, 5.74) is -0.364. The predicted molar refractivity (Wildman–Crippen MR) is 49.6 cm³/mol. The van der Waals surface area contributed by atoms with Crippen molar-refractivity contribution in [3.05, 3.63) is 0 Å². The largest absolute Gasteiger partial charge is 0.379 e. The minimum Gasteiger partial charge on any atom is -0.379 e. The van der Waals surface area contributed by atoms with Gasteiger partial charge in [-0.3, -0.25) is 0 Å². The lowest BCUT2D eigenvalue weighted by molar-refractivity contribution is -0.122. The van der Waals surface area contributed by atoms with Crippen molar-refractivity contribution in [1.29, 1.82) is 0 Å². The van der Waals surface area contributed by atoms with Crippen molar-refractivity contribution in [3.8, 4) is 0 Å². The molecule has 0 amide bonds. The molecule has 3 nitrogen and oxygen atoms in total. The Morgan fingerprint density at radius 3 is 2.92 bits per heavy atom. The first-order valence-corrected chi connectivity index (χ1v) is 4.80. The summed E-state index contributed by atoms with van der Waals surface area (Å²) in [7, 11) is 0. The van der Waals surface area contributed by atoms with Crippen molar-refractivity contribution in [2.45, 2.75) is 32.8 Å². The number of carbonyl (C=O) groups excluding carboxylic acids is 1. The van der Waals surface area contributed by atoms with Gasteiger partial charge >= 0.3 is 0 Å². The van der Waals surface area contributed by atoms with Gasteiger partial charge in [-0.1, -0.05) is 13.8 Å². The van der Waals surface area contributed by atoms with E-state index in [2.05, 4.69) is 0 Å². The molecule has 1 atom stereocenters. The van der Waals surface area contributed by atoms with Crippen LogP contribution in [0.1, 0.15) is 26.7 Å². The molecule has 0 spiro atoms. The molecular weight excluding hydrogens is 168 g/mol. The van der Waals surface area contributed by atoms with E-state index in [0.717, 1.165) is 25.7 Å². The third-order valence-corrected chi connectivity index (χ3v) is 2.13. The normalized spacial score (nSPS) is 24.3. The van der Waals surface area contributed by atoms with Gasteiger partial charge in [0.2, 0.25) is 0 Å². The van der Waals surface area contributed by atoms with Crippen LogP contribution in [0, 0.1) is 5.41 Å². The fourth-order valence-electron chi connectivity index (χ4n) is 1.21. The van der Waals surface area contributed by atoms with E-state index in [0.29, 0.717) is 13.2 Å². The number of carbonyl (C=O) groups is 1. The molecule has 1 heterocycles. The summed E-state index contributed by atoms with van der Waals surface area (Å²) in [6.45, 7) is 5.77. The van der Waals surface area contributed by atoms with Crippen LogP contribution in [0.3, 0.4) is 0 Å². The molecule has 76 valence electrons. The fraction of sp³-hybridized carbons (Fsp3) is 0.900. The summed E-state index contributed by atoms with van der Waals surface area (Å²) < 4.78 is 10.8. The molecule has 1 unspecified atom stereocenters. The monoisotopic (exact) mass is 186 g/mol. The Kier molecular flexibility index (Phi) is 3.88. The van der Waals surface area contributed by atoms with Crippen molar-refractivity contribution in [1.82, 2.24) is 0 Å². The zero-order valence-corrected chi connectivity index (χ0v) is 8.41. The Labute approximate surface area is 79.4 Å². The highest BCUT2D eigenvalue weighted by molar-refractivity contribution is 5.57. The smallest absolute Gasteiger partial charge is 0.127 e. The number of rotatable bonds is 4. The summed E-state index contributed by atoms with van der Waals surface area (Å²) in [4.78, 5) is 10.6. The Balaban J connectivity index is 2.20. The molecule has 1 fully saturated rings. The number of ether oxygens (including phenoxy) is 2. The molecule has 0 saturated carbocycles. The SMILES string of the molecule is CC(C)(C=O)COC1CCCOC1. The average Bonchev–Trinajstić information content (AvgIpc) is 2.17. The van der Waals surface area contributed by atoms with E-state index in [1.54, 1.807) is 0 Å². The molecule has 0 aromatic heterocycles. The van der Waals surface area contributed by atoms with Crippen LogP contribution in [0.2, 0.25) is 0 Å². The molecule has 1 rings (SSSR count). The maximum absolute atomic E-state index is 10.6. The van der Waals surface area contributed by atoms with Gasteiger partial charge in [-0.25, -0.2) is 0 Å². The standard InChI is InChI=1S/C10H18O3/c1-10(2,7-11)8-13-9-4-3-5-12-6-9/h7,9H,3-6,8H2,1-2H3. The van der Waals surface area contributed by atoms with Gasteiger partial charge in [0.25, 0.3) is 0 Å². The van der Waals surface area contributed by atoms with Crippen LogP contribution in [0.5, 0.6) is 0 Å². The van der Waals surface area contributed by atoms with E-state index >= 15 is 0 Å². The van der Waals surface area contributed by atoms with Crippen LogP contribution in [-0.4, -0.2) is 32.2 Å². The van der Waals surface area contributed by atoms with Gasteiger partial charge in [-0.05, 0) is 12.8 Å². The summed E-state index contributed by atoms with van der Waals surface area (Å²) in [5.74, 6) is 0. The molecule has 0 radical (unpaired) electrons. The summed E-state index contributed by atoms with van der Waals surface area (Å²) in [6.07, 6.45) is 3.24. The van der Waals surface area contributed by atoms with Gasteiger partial charge < -0.3 is 14.3 Å². The van der Waals surface area contributed by atoms with Crippen LogP contribution in [0.15, 0.2) is 0 Å². The Bertz CT molecular complexity index is 160. The Hall–Kier alpha value is -0.410. The highest BCUT2D eigenvalue weighted by Crippen LogP contribution is 2.16. The van der Waals surface area contributed by atoms with Crippen LogP contribution in [0.4, 0.5) is 0 Å². The van der Waals surface area contributed by atoms with Gasteiger partial charge in [0.1, 0.15) is 6.29 Å². The van der Waals surface area contributed by atoms with Crippen LogP contribution < -0.4 is 0 Å². The van der Waals surface area contributed by atoms with Gasteiger partial charge in [0.05, 0.1) is 19.3 Å². The Morgan fingerprint density at radius 1 is 1.62 bits per heavy atom. The number of hydrogen-bond donors (Lipinski definition) is 0. The lowest BCUT2D eigenvalue weighted by Crippen LogP contribution is -2.30. The molecular formula is C10H18O3. The van der Waals surface area contributed by atoms with Gasteiger partial charge in [0, 0.05) is 12.0 Å². The predicted octanol–water partition coefficient (Wildman–Crippen LogP) is 1.41. The zero-order valence-electron chi connectivity index (χ0n) is 8.41. The lowest BCUT2D eigenvalue weighted by atomic mass is 9.97. The molecule has 0 N–H and O–H groups in total. The molecule has 13 heavy (non-hydrogen) atoms. The maximum atomic E-state index is 10.6. The van der Waals surface area contributed by atoms with Crippen LogP contribution in [0.25, 0.3) is 0 Å². The first-order chi connectivity index (χ1) is 6.14. The quantitative estimate of drug-likeness (QED) is 0.623. The van der Waals surface area contributed by atoms with E-state index in [1.165, 1.54) is 0 Å². The molecule has 0 bridgehead atoms. The van der Waals surface area contributed by atoms with Crippen LogP contribution >= 0.6 is 0 Å². The van der Waals surface area contributed by atoms with Crippen molar-refractivity contribution in [2.75, 3.05) is 19.8 Å².